The molecule has 1 rings (SSSR count). The molecule has 1 aromatic rings. The molecule has 1 aromatic carbocycles. The number of benzene rings is 1. The molecule has 1 atom stereocenters. The SMILES string of the molecule is NC(=O)CC[C@H](N)C(=O)OC(=O)Cc1ccccc1.[NaH]. The zero-order chi connectivity index (χ0) is 14.3. The summed E-state index contributed by atoms with van der Waals surface area (Å²) in [5.74, 6) is -2.08. The average Bonchev–Trinajstić information content (AvgIpc) is 2.36. The van der Waals surface area contributed by atoms with Crippen molar-refractivity contribution in [2.75, 3.05) is 0 Å². The third-order valence-corrected chi connectivity index (χ3v) is 2.41. The molecule has 0 spiro atoms. The molecule has 0 aliphatic heterocycles. The molecule has 0 aromatic heterocycles. The number of rotatable bonds is 6. The molecule has 0 radical (unpaired) electrons. The molecule has 0 bridgehead atoms. The third-order valence-electron chi connectivity index (χ3n) is 2.41. The number of carbonyl (C=O) groups is 3. The van der Waals surface area contributed by atoms with Crippen molar-refractivity contribution < 1.29 is 19.1 Å². The number of carbonyl (C=O) groups excluding carboxylic acids is 3. The van der Waals surface area contributed by atoms with Crippen LogP contribution in [0.1, 0.15) is 18.4 Å². The molecule has 1 amide bonds. The quantitative estimate of drug-likeness (QED) is 0.406. The van der Waals surface area contributed by atoms with Gasteiger partial charge in [0.2, 0.25) is 5.91 Å². The molecule has 7 heteroatoms. The number of nitrogens with two attached hydrogens (primary N) is 2. The van der Waals surface area contributed by atoms with E-state index in [0.717, 1.165) is 5.56 Å². The van der Waals surface area contributed by atoms with E-state index in [1.165, 1.54) is 0 Å². The Hall–Kier alpha value is -1.21. The van der Waals surface area contributed by atoms with Crippen LogP contribution in [0.5, 0.6) is 0 Å². The third kappa shape index (κ3) is 7.40. The van der Waals surface area contributed by atoms with Gasteiger partial charge in [-0.3, -0.25) is 9.59 Å². The first kappa shape index (κ1) is 18.8. The van der Waals surface area contributed by atoms with Crippen LogP contribution in [0.2, 0.25) is 0 Å². The molecule has 0 aliphatic carbocycles. The fraction of sp³-hybridized carbons (Fsp3) is 0.308. The van der Waals surface area contributed by atoms with Gasteiger partial charge in [0.25, 0.3) is 0 Å². The Kier molecular flexibility index (Phi) is 9.07. The van der Waals surface area contributed by atoms with E-state index in [-0.39, 0.29) is 48.8 Å². The first-order chi connectivity index (χ1) is 8.99. The van der Waals surface area contributed by atoms with Crippen LogP contribution in [0, 0.1) is 0 Å². The summed E-state index contributed by atoms with van der Waals surface area (Å²) in [6, 6.07) is 7.86. The summed E-state index contributed by atoms with van der Waals surface area (Å²) >= 11 is 0. The van der Waals surface area contributed by atoms with Gasteiger partial charge in [-0.1, -0.05) is 30.3 Å². The summed E-state index contributed by atoms with van der Waals surface area (Å²) in [5, 5.41) is 0. The van der Waals surface area contributed by atoms with E-state index in [9.17, 15) is 14.4 Å². The topological polar surface area (TPSA) is 112 Å². The van der Waals surface area contributed by atoms with Crippen molar-refractivity contribution in [3.63, 3.8) is 0 Å². The van der Waals surface area contributed by atoms with E-state index in [1.54, 1.807) is 24.3 Å². The maximum atomic E-state index is 11.5. The molecule has 0 aliphatic rings. The number of hydrogen-bond donors (Lipinski definition) is 2. The van der Waals surface area contributed by atoms with Gasteiger partial charge in [-0.2, -0.15) is 0 Å². The molecule has 0 unspecified atom stereocenters. The predicted octanol–water partition coefficient (Wildman–Crippen LogP) is -0.757. The zero-order valence-corrected chi connectivity index (χ0v) is 10.4. The molecule has 4 N–H and O–H groups in total. The van der Waals surface area contributed by atoms with Crippen LogP contribution in [-0.4, -0.2) is 53.4 Å². The fourth-order valence-corrected chi connectivity index (χ4v) is 1.40. The number of esters is 2. The summed E-state index contributed by atoms with van der Waals surface area (Å²) in [7, 11) is 0. The summed E-state index contributed by atoms with van der Waals surface area (Å²) in [5.41, 5.74) is 11.1. The van der Waals surface area contributed by atoms with Crippen LogP contribution in [0.15, 0.2) is 30.3 Å². The van der Waals surface area contributed by atoms with E-state index < -0.39 is 23.9 Å². The Balaban J connectivity index is 0.00000361. The van der Waals surface area contributed by atoms with Crippen molar-refractivity contribution in [2.24, 2.45) is 11.5 Å². The molecule has 0 saturated carbocycles. The standard InChI is InChI=1S/C13H16N2O4.Na.H/c14-10(6-7-11(15)16)13(18)19-12(17)8-9-4-2-1-3-5-9;;/h1-5,10H,6-8,14H2,(H2,15,16);;/t10-;;/m0../s1. The molecule has 104 valence electrons. The summed E-state index contributed by atoms with van der Waals surface area (Å²) in [6.45, 7) is 0. The van der Waals surface area contributed by atoms with Gasteiger partial charge >= 0.3 is 41.5 Å². The first-order valence-electron chi connectivity index (χ1n) is 5.81. The van der Waals surface area contributed by atoms with Gasteiger partial charge in [-0.05, 0) is 12.0 Å². The van der Waals surface area contributed by atoms with E-state index >= 15 is 0 Å². The van der Waals surface area contributed by atoms with Crippen molar-refractivity contribution >= 4 is 47.4 Å². The van der Waals surface area contributed by atoms with Gasteiger partial charge in [0.15, 0.2) is 0 Å². The first-order valence-corrected chi connectivity index (χ1v) is 5.81. The molecule has 6 nitrogen and oxygen atoms in total. The van der Waals surface area contributed by atoms with Gasteiger partial charge < -0.3 is 16.2 Å². The Labute approximate surface area is 139 Å². The van der Waals surface area contributed by atoms with Crippen LogP contribution < -0.4 is 11.5 Å². The van der Waals surface area contributed by atoms with Crippen LogP contribution in [0.4, 0.5) is 0 Å². The number of primary amides is 1. The monoisotopic (exact) mass is 288 g/mol. The second-order valence-corrected chi connectivity index (χ2v) is 4.07. The molecular formula is C13H17N2NaO4. The summed E-state index contributed by atoms with van der Waals surface area (Å²) in [4.78, 5) is 33.4. The maximum absolute atomic E-state index is 11.5. The van der Waals surface area contributed by atoms with Gasteiger partial charge in [-0.25, -0.2) is 4.79 Å². The van der Waals surface area contributed by atoms with Crippen LogP contribution in [0.25, 0.3) is 0 Å². The van der Waals surface area contributed by atoms with Crippen LogP contribution in [-0.2, 0) is 25.5 Å². The Bertz CT molecular complexity index is 465. The predicted molar refractivity (Wildman–Crippen MR) is 74.8 cm³/mol. The van der Waals surface area contributed by atoms with Crippen LogP contribution >= 0.6 is 0 Å². The molecule has 0 fully saturated rings. The summed E-state index contributed by atoms with van der Waals surface area (Å²) < 4.78 is 4.59. The van der Waals surface area contributed by atoms with Crippen molar-refractivity contribution in [2.45, 2.75) is 25.3 Å². The van der Waals surface area contributed by atoms with E-state index in [0.29, 0.717) is 0 Å². The van der Waals surface area contributed by atoms with E-state index in [1.807, 2.05) is 6.07 Å². The molecule has 0 heterocycles. The van der Waals surface area contributed by atoms with E-state index in [4.69, 9.17) is 11.5 Å². The van der Waals surface area contributed by atoms with Crippen molar-refractivity contribution in [1.29, 1.82) is 0 Å². The fourth-order valence-electron chi connectivity index (χ4n) is 1.40. The Morgan fingerprint density at radius 3 is 2.30 bits per heavy atom. The van der Waals surface area contributed by atoms with Gasteiger partial charge in [0, 0.05) is 6.42 Å². The summed E-state index contributed by atoms with van der Waals surface area (Å²) in [6.07, 6.45) is 0.0328. The van der Waals surface area contributed by atoms with Gasteiger partial charge in [-0.15, -0.1) is 0 Å². The minimum absolute atomic E-state index is 0. The minimum atomic E-state index is -1.02. The van der Waals surface area contributed by atoms with Crippen LogP contribution in [0.3, 0.4) is 0 Å². The average molecular weight is 288 g/mol. The Morgan fingerprint density at radius 1 is 1.15 bits per heavy atom. The van der Waals surface area contributed by atoms with Gasteiger partial charge in [0.05, 0.1) is 6.42 Å². The number of ether oxygens (including phenoxy) is 1. The second kappa shape index (κ2) is 9.66. The Morgan fingerprint density at radius 2 is 1.75 bits per heavy atom. The molecular weight excluding hydrogens is 271 g/mol. The number of hydrogen-bond acceptors (Lipinski definition) is 5. The van der Waals surface area contributed by atoms with E-state index in [2.05, 4.69) is 4.74 Å². The number of amides is 1. The zero-order valence-electron chi connectivity index (χ0n) is 10.4. The van der Waals surface area contributed by atoms with Crippen molar-refractivity contribution in [3.05, 3.63) is 35.9 Å². The normalized spacial score (nSPS) is 11.1. The van der Waals surface area contributed by atoms with Crippen molar-refractivity contribution in [1.82, 2.24) is 0 Å². The van der Waals surface area contributed by atoms with Crippen molar-refractivity contribution in [3.8, 4) is 0 Å². The van der Waals surface area contributed by atoms with Gasteiger partial charge in [0.1, 0.15) is 6.04 Å². The molecule has 20 heavy (non-hydrogen) atoms. The molecule has 0 saturated heterocycles. The second-order valence-electron chi connectivity index (χ2n) is 4.07.